The minimum Gasteiger partial charge on any atom is -0.370 e. The van der Waals surface area contributed by atoms with E-state index in [0.717, 1.165) is 19.6 Å². The quantitative estimate of drug-likeness (QED) is 0.771. The first-order chi connectivity index (χ1) is 9.28. The molecule has 3 heteroatoms. The van der Waals surface area contributed by atoms with Crippen molar-refractivity contribution >= 4 is 0 Å². The Labute approximate surface area is 118 Å². The Hall–Kier alpha value is -0.120. The number of hydrogen-bond donors (Lipinski definition) is 1. The number of unbranched alkanes of at least 4 members (excludes halogenated alkanes) is 1. The largest absolute Gasteiger partial charge is 0.370 e. The molecule has 1 aliphatic heterocycles. The fraction of sp³-hybridized carbons (Fsp3) is 1.00. The molecule has 1 saturated heterocycles. The Bertz CT molecular complexity index is 251. The molecule has 1 atom stereocenters. The van der Waals surface area contributed by atoms with E-state index in [1.807, 2.05) is 0 Å². The second-order valence-electron chi connectivity index (χ2n) is 6.47. The molecule has 112 valence electrons. The summed E-state index contributed by atoms with van der Waals surface area (Å²) in [6, 6.07) is 0. The van der Waals surface area contributed by atoms with E-state index in [2.05, 4.69) is 11.8 Å². The lowest BCUT2D eigenvalue weighted by molar-refractivity contribution is -0.0716. The zero-order valence-electron chi connectivity index (χ0n) is 12.7. The minimum atomic E-state index is 0.266. The third-order valence-electron chi connectivity index (χ3n) is 4.84. The van der Waals surface area contributed by atoms with Gasteiger partial charge in [-0.25, -0.2) is 0 Å². The number of hydrogen-bond acceptors (Lipinski definition) is 3. The van der Waals surface area contributed by atoms with Gasteiger partial charge in [0.15, 0.2) is 0 Å². The number of nitrogens with two attached hydrogens (primary N) is 1. The molecule has 2 aliphatic rings. The van der Waals surface area contributed by atoms with Crippen molar-refractivity contribution in [2.75, 3.05) is 26.2 Å². The zero-order chi connectivity index (χ0) is 13.6. The summed E-state index contributed by atoms with van der Waals surface area (Å²) in [5.74, 6) is 0. The number of ether oxygens (including phenoxy) is 1. The van der Waals surface area contributed by atoms with E-state index in [0.29, 0.717) is 6.10 Å². The molecule has 1 aliphatic carbocycles. The number of nitrogens with zero attached hydrogens (tertiary/aromatic N) is 1. The highest BCUT2D eigenvalue weighted by Crippen LogP contribution is 2.41. The fourth-order valence-corrected chi connectivity index (χ4v) is 3.73. The average molecular weight is 268 g/mol. The van der Waals surface area contributed by atoms with Crippen LogP contribution >= 0.6 is 0 Å². The van der Waals surface area contributed by atoms with Gasteiger partial charge in [0.1, 0.15) is 0 Å². The van der Waals surface area contributed by atoms with E-state index < -0.39 is 0 Å². The summed E-state index contributed by atoms with van der Waals surface area (Å²) in [7, 11) is 0. The molecule has 0 aromatic rings. The van der Waals surface area contributed by atoms with Crippen LogP contribution in [-0.4, -0.2) is 42.8 Å². The van der Waals surface area contributed by atoms with E-state index >= 15 is 0 Å². The highest BCUT2D eigenvalue weighted by molar-refractivity contribution is 4.92. The Morgan fingerprint density at radius 3 is 2.63 bits per heavy atom. The van der Waals surface area contributed by atoms with Crippen LogP contribution in [0.3, 0.4) is 0 Å². The van der Waals surface area contributed by atoms with Gasteiger partial charge in [0.25, 0.3) is 0 Å². The smallest absolute Gasteiger partial charge is 0.0710 e. The molecule has 2 N–H and O–H groups in total. The maximum absolute atomic E-state index is 6.46. The van der Waals surface area contributed by atoms with Gasteiger partial charge in [0.2, 0.25) is 0 Å². The van der Waals surface area contributed by atoms with Crippen molar-refractivity contribution in [1.82, 2.24) is 4.90 Å². The molecule has 2 fully saturated rings. The molecule has 0 amide bonds. The van der Waals surface area contributed by atoms with Gasteiger partial charge < -0.3 is 10.5 Å². The lowest BCUT2D eigenvalue weighted by Crippen LogP contribution is -2.39. The molecule has 0 bridgehead atoms. The van der Waals surface area contributed by atoms with E-state index in [4.69, 9.17) is 10.5 Å². The van der Waals surface area contributed by atoms with Gasteiger partial charge >= 0.3 is 0 Å². The summed E-state index contributed by atoms with van der Waals surface area (Å²) < 4.78 is 6.46. The lowest BCUT2D eigenvalue weighted by Gasteiger charge is -2.34. The molecule has 1 saturated carbocycles. The zero-order valence-corrected chi connectivity index (χ0v) is 12.7. The first kappa shape index (κ1) is 15.3. The van der Waals surface area contributed by atoms with Crippen LogP contribution in [0.1, 0.15) is 64.7 Å². The Balaban J connectivity index is 1.78. The number of rotatable bonds is 7. The van der Waals surface area contributed by atoms with Crippen LogP contribution in [0.5, 0.6) is 0 Å². The van der Waals surface area contributed by atoms with Gasteiger partial charge in [-0.15, -0.1) is 0 Å². The molecule has 0 aromatic carbocycles. The normalized spacial score (nSPS) is 26.4. The van der Waals surface area contributed by atoms with Crippen molar-refractivity contribution in [1.29, 1.82) is 0 Å². The molecule has 3 nitrogen and oxygen atoms in total. The highest BCUT2D eigenvalue weighted by atomic mass is 16.5. The monoisotopic (exact) mass is 268 g/mol. The molecule has 19 heavy (non-hydrogen) atoms. The third-order valence-corrected chi connectivity index (χ3v) is 4.84. The van der Waals surface area contributed by atoms with Crippen molar-refractivity contribution < 1.29 is 4.74 Å². The summed E-state index contributed by atoms with van der Waals surface area (Å²) in [6.07, 6.45) is 12.3. The lowest BCUT2D eigenvalue weighted by atomic mass is 9.83. The Kier molecular flexibility index (Phi) is 6.11. The van der Waals surface area contributed by atoms with Crippen LogP contribution in [0, 0.1) is 0 Å². The highest BCUT2D eigenvalue weighted by Gasteiger charge is 2.40. The van der Waals surface area contributed by atoms with E-state index in [9.17, 15) is 0 Å². The second kappa shape index (κ2) is 7.61. The summed E-state index contributed by atoms with van der Waals surface area (Å²) in [4.78, 5) is 2.51. The summed E-state index contributed by atoms with van der Waals surface area (Å²) >= 11 is 0. The van der Waals surface area contributed by atoms with Crippen molar-refractivity contribution in [2.45, 2.75) is 76.4 Å². The van der Waals surface area contributed by atoms with Gasteiger partial charge in [0.05, 0.1) is 11.7 Å². The SMILES string of the molecule is CCCCN(CCN)CC1CCC2(CCCCC2)O1. The standard InChI is InChI=1S/C16H32N2O/c1-2-3-12-18(13-11-17)14-15-7-10-16(19-15)8-5-4-6-9-16/h15H,2-14,17H2,1H3. The maximum Gasteiger partial charge on any atom is 0.0710 e. The van der Waals surface area contributed by atoms with Crippen LogP contribution in [-0.2, 0) is 4.74 Å². The first-order valence-corrected chi connectivity index (χ1v) is 8.38. The van der Waals surface area contributed by atoms with Crippen molar-refractivity contribution in [3.8, 4) is 0 Å². The molecule has 0 aromatic heterocycles. The topological polar surface area (TPSA) is 38.5 Å². The summed E-state index contributed by atoms with van der Waals surface area (Å²) in [6.45, 7) is 6.32. The molecular formula is C16H32N2O. The van der Waals surface area contributed by atoms with Gasteiger partial charge in [-0.2, -0.15) is 0 Å². The van der Waals surface area contributed by atoms with Gasteiger partial charge in [0, 0.05) is 19.6 Å². The van der Waals surface area contributed by atoms with E-state index in [1.165, 1.54) is 64.3 Å². The Morgan fingerprint density at radius 1 is 1.16 bits per heavy atom. The molecule has 2 rings (SSSR count). The minimum absolute atomic E-state index is 0.266. The van der Waals surface area contributed by atoms with Crippen LogP contribution in [0.4, 0.5) is 0 Å². The molecule has 0 radical (unpaired) electrons. The van der Waals surface area contributed by atoms with Crippen LogP contribution < -0.4 is 5.73 Å². The van der Waals surface area contributed by atoms with E-state index in [1.54, 1.807) is 0 Å². The average Bonchev–Trinajstić information content (AvgIpc) is 2.80. The fourth-order valence-electron chi connectivity index (χ4n) is 3.73. The van der Waals surface area contributed by atoms with Gasteiger partial charge in [-0.3, -0.25) is 4.90 Å². The molecule has 1 unspecified atom stereocenters. The Morgan fingerprint density at radius 2 is 1.95 bits per heavy atom. The molecular weight excluding hydrogens is 236 g/mol. The predicted molar refractivity (Wildman–Crippen MR) is 80.3 cm³/mol. The van der Waals surface area contributed by atoms with Crippen LogP contribution in [0.2, 0.25) is 0 Å². The second-order valence-corrected chi connectivity index (χ2v) is 6.47. The van der Waals surface area contributed by atoms with E-state index in [-0.39, 0.29) is 5.60 Å². The summed E-state index contributed by atoms with van der Waals surface area (Å²) in [5.41, 5.74) is 6.00. The van der Waals surface area contributed by atoms with Crippen molar-refractivity contribution in [3.63, 3.8) is 0 Å². The predicted octanol–water partition coefficient (Wildman–Crippen LogP) is 2.93. The van der Waals surface area contributed by atoms with Crippen LogP contribution in [0.15, 0.2) is 0 Å². The van der Waals surface area contributed by atoms with Crippen LogP contribution in [0.25, 0.3) is 0 Å². The summed E-state index contributed by atoms with van der Waals surface area (Å²) in [5, 5.41) is 0. The van der Waals surface area contributed by atoms with Gasteiger partial charge in [-0.05, 0) is 38.6 Å². The van der Waals surface area contributed by atoms with Crippen molar-refractivity contribution in [3.05, 3.63) is 0 Å². The first-order valence-electron chi connectivity index (χ1n) is 8.38. The maximum atomic E-state index is 6.46. The van der Waals surface area contributed by atoms with Gasteiger partial charge in [-0.1, -0.05) is 32.6 Å². The molecule has 1 spiro atoms. The third kappa shape index (κ3) is 4.44. The molecule has 1 heterocycles. The van der Waals surface area contributed by atoms with Crippen molar-refractivity contribution in [2.24, 2.45) is 5.73 Å².